The van der Waals surface area contributed by atoms with Gasteiger partial charge in [-0.15, -0.1) is 0 Å². The number of halogens is 3. The van der Waals surface area contributed by atoms with E-state index in [2.05, 4.69) is 15.9 Å². The van der Waals surface area contributed by atoms with E-state index in [9.17, 15) is 17.2 Å². The van der Waals surface area contributed by atoms with Crippen molar-refractivity contribution in [1.82, 2.24) is 4.31 Å². The van der Waals surface area contributed by atoms with Crippen LogP contribution in [0.4, 0.5) is 8.78 Å². The molecule has 0 N–H and O–H groups in total. The lowest BCUT2D eigenvalue weighted by molar-refractivity contribution is 0.170. The van der Waals surface area contributed by atoms with Crippen LogP contribution in [0, 0.1) is 5.92 Å². The summed E-state index contributed by atoms with van der Waals surface area (Å²) < 4.78 is 48.2. The van der Waals surface area contributed by atoms with E-state index in [0.29, 0.717) is 19.5 Å². The molecule has 0 aromatic rings. The zero-order valence-corrected chi connectivity index (χ0v) is 10.8. The van der Waals surface area contributed by atoms with Gasteiger partial charge in [0.1, 0.15) is 5.75 Å². The van der Waals surface area contributed by atoms with E-state index in [0.717, 1.165) is 0 Å². The van der Waals surface area contributed by atoms with Gasteiger partial charge in [-0.2, -0.15) is 0 Å². The maximum atomic E-state index is 12.0. The lowest BCUT2D eigenvalue weighted by atomic mass is 10.0. The molecular formula is C8H14BrF2NO2S. The van der Waals surface area contributed by atoms with E-state index in [-0.39, 0.29) is 10.7 Å². The second kappa shape index (κ2) is 5.05. The molecule has 1 saturated heterocycles. The molecule has 1 fully saturated rings. The molecule has 0 aliphatic carbocycles. The molecule has 0 amide bonds. The fourth-order valence-corrected chi connectivity index (χ4v) is 3.34. The number of piperidine rings is 1. The number of nitrogens with zero attached hydrogens (tertiary/aromatic N) is 1. The highest BCUT2D eigenvalue weighted by Gasteiger charge is 2.32. The van der Waals surface area contributed by atoms with Crippen molar-refractivity contribution in [2.24, 2.45) is 5.92 Å². The van der Waals surface area contributed by atoms with Gasteiger partial charge in [0.25, 0.3) is 6.43 Å². The van der Waals surface area contributed by atoms with E-state index in [1.54, 1.807) is 0 Å². The van der Waals surface area contributed by atoms with Crippen LogP contribution in [-0.4, -0.2) is 42.8 Å². The molecule has 1 rings (SSSR count). The first-order valence-corrected chi connectivity index (χ1v) is 7.25. The summed E-state index contributed by atoms with van der Waals surface area (Å²) in [6, 6.07) is 0. The van der Waals surface area contributed by atoms with Gasteiger partial charge in [-0.3, -0.25) is 0 Å². The van der Waals surface area contributed by atoms with Crippen LogP contribution in [0.5, 0.6) is 0 Å². The topological polar surface area (TPSA) is 37.4 Å². The number of sulfonamides is 1. The van der Waals surface area contributed by atoms with Crippen LogP contribution in [0.15, 0.2) is 0 Å². The molecule has 0 spiro atoms. The van der Waals surface area contributed by atoms with Crippen LogP contribution >= 0.6 is 15.9 Å². The van der Waals surface area contributed by atoms with Crippen molar-refractivity contribution in [2.45, 2.75) is 24.6 Å². The molecule has 90 valence electrons. The first-order valence-electron chi connectivity index (χ1n) is 4.73. The third kappa shape index (κ3) is 3.64. The highest BCUT2D eigenvalue weighted by molar-refractivity contribution is 9.09. The highest BCUT2D eigenvalue weighted by Crippen LogP contribution is 2.25. The Labute approximate surface area is 97.0 Å². The molecule has 7 heteroatoms. The third-order valence-corrected chi connectivity index (χ3v) is 5.65. The van der Waals surface area contributed by atoms with Crippen LogP contribution < -0.4 is 0 Å². The van der Waals surface area contributed by atoms with Crippen LogP contribution in [0.1, 0.15) is 13.3 Å². The van der Waals surface area contributed by atoms with Crippen LogP contribution in [0.25, 0.3) is 0 Å². The van der Waals surface area contributed by atoms with Gasteiger partial charge in [-0.1, -0.05) is 22.9 Å². The smallest absolute Gasteiger partial charge is 0.212 e. The monoisotopic (exact) mass is 305 g/mol. The largest absolute Gasteiger partial charge is 0.253 e. The van der Waals surface area contributed by atoms with Crippen molar-refractivity contribution < 1.29 is 17.2 Å². The van der Waals surface area contributed by atoms with Gasteiger partial charge in [-0.05, 0) is 12.3 Å². The van der Waals surface area contributed by atoms with E-state index in [4.69, 9.17) is 0 Å². The third-order valence-electron chi connectivity index (χ3n) is 2.49. The Balaban J connectivity index is 2.65. The van der Waals surface area contributed by atoms with Gasteiger partial charge in [0.15, 0.2) is 0 Å². The average Bonchev–Trinajstić information content (AvgIpc) is 2.07. The van der Waals surface area contributed by atoms with E-state index >= 15 is 0 Å². The second-order valence-electron chi connectivity index (χ2n) is 3.81. The van der Waals surface area contributed by atoms with E-state index in [1.807, 2.05) is 6.92 Å². The fourth-order valence-electron chi connectivity index (χ4n) is 1.60. The lowest BCUT2D eigenvalue weighted by Gasteiger charge is -2.33. The van der Waals surface area contributed by atoms with Crippen LogP contribution in [0.3, 0.4) is 0 Å². The first kappa shape index (κ1) is 13.3. The van der Waals surface area contributed by atoms with Crippen LogP contribution in [0.2, 0.25) is 0 Å². The number of hydrogen-bond acceptors (Lipinski definition) is 2. The summed E-state index contributed by atoms with van der Waals surface area (Å²) >= 11 is 3.43. The van der Waals surface area contributed by atoms with Crippen molar-refractivity contribution in [3.05, 3.63) is 0 Å². The van der Waals surface area contributed by atoms with Crippen molar-refractivity contribution in [3.8, 4) is 0 Å². The van der Waals surface area contributed by atoms with Crippen molar-refractivity contribution in [2.75, 3.05) is 18.8 Å². The summed E-state index contributed by atoms with van der Waals surface area (Å²) in [7, 11) is -3.78. The molecule has 1 aliphatic rings. The standard InChI is InChI=1S/C8H14BrF2NO2S/c1-6-4-12(3-2-7(6)9)15(13,14)5-8(10)11/h6-8H,2-5H2,1H3. The maximum absolute atomic E-state index is 12.0. The van der Waals surface area contributed by atoms with Crippen molar-refractivity contribution in [3.63, 3.8) is 0 Å². The summed E-state index contributed by atoms with van der Waals surface area (Å²) in [4.78, 5) is 0.274. The minimum atomic E-state index is -3.78. The second-order valence-corrected chi connectivity index (χ2v) is 7.00. The first-order chi connectivity index (χ1) is 6.83. The summed E-state index contributed by atoms with van der Waals surface area (Å²) in [5, 5.41) is 0. The quantitative estimate of drug-likeness (QED) is 0.744. The maximum Gasteiger partial charge on any atom is 0.253 e. The predicted octanol–water partition coefficient (Wildman–Crippen LogP) is 1.69. The van der Waals surface area contributed by atoms with Crippen molar-refractivity contribution in [1.29, 1.82) is 0 Å². The number of alkyl halides is 3. The Kier molecular flexibility index (Phi) is 4.49. The van der Waals surface area contributed by atoms with Gasteiger partial charge in [0, 0.05) is 17.9 Å². The predicted molar refractivity (Wildman–Crippen MR) is 57.9 cm³/mol. The molecule has 2 unspecified atom stereocenters. The normalized spacial score (nSPS) is 29.7. The summed E-state index contributed by atoms with van der Waals surface area (Å²) in [6.45, 7) is 2.56. The minimum absolute atomic E-state index is 0.159. The van der Waals surface area contributed by atoms with Gasteiger partial charge in [0.2, 0.25) is 10.0 Å². The molecule has 0 saturated carbocycles. The molecule has 1 aliphatic heterocycles. The Bertz CT molecular complexity index is 310. The molecule has 1 heterocycles. The Morgan fingerprint density at radius 1 is 1.53 bits per heavy atom. The molecule has 0 aromatic carbocycles. The van der Waals surface area contributed by atoms with E-state index < -0.39 is 22.2 Å². The Hall–Kier alpha value is 0.250. The number of rotatable bonds is 3. The fraction of sp³-hybridized carbons (Fsp3) is 1.00. The van der Waals surface area contributed by atoms with Gasteiger partial charge < -0.3 is 0 Å². The van der Waals surface area contributed by atoms with Gasteiger partial charge in [-0.25, -0.2) is 21.5 Å². The molecule has 0 radical (unpaired) electrons. The summed E-state index contributed by atoms with van der Waals surface area (Å²) in [6.07, 6.45) is -2.13. The summed E-state index contributed by atoms with van der Waals surface area (Å²) in [5.41, 5.74) is 0. The molecule has 0 bridgehead atoms. The SMILES string of the molecule is CC1CN(S(=O)(=O)CC(F)F)CCC1Br. The lowest BCUT2D eigenvalue weighted by Crippen LogP contribution is -2.44. The summed E-state index contributed by atoms with van der Waals surface area (Å²) in [5.74, 6) is -0.904. The van der Waals surface area contributed by atoms with E-state index in [1.165, 1.54) is 4.31 Å². The van der Waals surface area contributed by atoms with Gasteiger partial charge in [0.05, 0.1) is 0 Å². The highest BCUT2D eigenvalue weighted by atomic mass is 79.9. The number of hydrogen-bond donors (Lipinski definition) is 0. The average molecular weight is 306 g/mol. The molecule has 3 nitrogen and oxygen atoms in total. The molecule has 2 atom stereocenters. The molecular weight excluding hydrogens is 292 g/mol. The zero-order valence-electron chi connectivity index (χ0n) is 8.37. The Morgan fingerprint density at radius 2 is 2.13 bits per heavy atom. The van der Waals surface area contributed by atoms with Crippen molar-refractivity contribution >= 4 is 26.0 Å². The minimum Gasteiger partial charge on any atom is -0.212 e. The molecule has 0 aromatic heterocycles. The zero-order chi connectivity index (χ0) is 11.6. The molecule has 15 heavy (non-hydrogen) atoms. The Morgan fingerprint density at radius 3 is 2.60 bits per heavy atom. The van der Waals surface area contributed by atoms with Crippen LogP contribution in [-0.2, 0) is 10.0 Å². The van der Waals surface area contributed by atoms with Gasteiger partial charge >= 0.3 is 0 Å².